The molecule has 5 aliphatic rings. The summed E-state index contributed by atoms with van der Waals surface area (Å²) in [5.74, 6) is -3.58. The first kappa shape index (κ1) is 59.1. The zero-order valence-corrected chi connectivity index (χ0v) is 52.0. The third-order valence-electron chi connectivity index (χ3n) is 12.7. The van der Waals surface area contributed by atoms with Crippen LogP contribution in [0, 0.1) is 10.1 Å². The summed E-state index contributed by atoms with van der Waals surface area (Å²) >= 11 is 0. The van der Waals surface area contributed by atoms with Crippen molar-refractivity contribution in [3.63, 3.8) is 0 Å². The van der Waals surface area contributed by atoms with Crippen LogP contribution in [0.1, 0.15) is 59.1 Å². The summed E-state index contributed by atoms with van der Waals surface area (Å²) in [6.45, 7) is 0.600. The van der Waals surface area contributed by atoms with Crippen molar-refractivity contribution >= 4 is 52.2 Å². The predicted molar refractivity (Wildman–Crippen MR) is 236 cm³/mol. The largest absolute Gasteiger partial charge is 1.00 e. The van der Waals surface area contributed by atoms with E-state index in [1.807, 2.05) is 6.07 Å². The number of hydrogen-bond acceptors (Lipinski definition) is 12. The van der Waals surface area contributed by atoms with Gasteiger partial charge in [0, 0.05) is 65.2 Å². The quantitative estimate of drug-likeness (QED) is 0.0223. The van der Waals surface area contributed by atoms with Gasteiger partial charge in [0.1, 0.15) is 75.5 Å². The number of hydrogen-bond donors (Lipinski definition) is 4. The zero-order chi connectivity index (χ0) is 45.5. The number of ether oxygens (including phenoxy) is 3. The molecule has 4 aromatic rings. The number of nitrogens with zero attached hydrogens (tertiary/aromatic N) is 5. The van der Waals surface area contributed by atoms with Gasteiger partial charge in [-0.2, -0.15) is 0 Å². The van der Waals surface area contributed by atoms with Crippen molar-refractivity contribution in [1.29, 1.82) is 0 Å². The molecule has 69 heavy (non-hydrogen) atoms. The van der Waals surface area contributed by atoms with Gasteiger partial charge in [0.25, 0.3) is 5.69 Å². The molecule has 4 aromatic carbocycles. The molecule has 0 amide bonds. The van der Waals surface area contributed by atoms with Crippen molar-refractivity contribution in [3.8, 4) is 23.0 Å². The van der Waals surface area contributed by atoms with Gasteiger partial charge in [-0.05, 0) is 80.0 Å². The van der Waals surface area contributed by atoms with E-state index >= 15 is 0 Å². The number of aryl methyl sites for hydroxylation is 2. The van der Waals surface area contributed by atoms with Gasteiger partial charge in [-0.25, -0.2) is 4.58 Å². The average Bonchev–Trinajstić information content (AvgIpc) is 3.26. The molecule has 338 valence electrons. The Labute approximate surface area is 567 Å². The molecule has 0 aliphatic carbocycles. The Balaban J connectivity index is 0.00000222. The molecule has 0 atom stereocenters. The molecule has 0 spiro atoms. The maximum absolute atomic E-state index is 12.1. The first-order valence-electron chi connectivity index (χ1n) is 21.8. The van der Waals surface area contributed by atoms with Crippen molar-refractivity contribution in [2.45, 2.75) is 51.4 Å². The molecule has 5 heterocycles. The summed E-state index contributed by atoms with van der Waals surface area (Å²) in [5.41, 5.74) is 8.51. The Morgan fingerprint density at radius 3 is 1.80 bits per heavy atom. The topological polar surface area (TPSA) is 233 Å². The van der Waals surface area contributed by atoms with E-state index in [1.54, 1.807) is 12.1 Å². The average molecular weight is 1050 g/mol. The third kappa shape index (κ3) is 13.0. The maximum Gasteiger partial charge on any atom is 1.00 e. The first-order chi connectivity index (χ1) is 31.3. The molecule has 9 rings (SSSR count). The van der Waals surface area contributed by atoms with Crippen molar-refractivity contribution in [2.75, 3.05) is 80.3 Å². The summed E-state index contributed by atoms with van der Waals surface area (Å²) in [7, 11) is 0. The molecule has 0 saturated heterocycles. The molecule has 0 radical (unpaired) electrons. The van der Waals surface area contributed by atoms with E-state index < -0.39 is 55.0 Å². The second kappa shape index (κ2) is 26.1. The second-order valence-corrected chi connectivity index (χ2v) is 16.9. The van der Waals surface area contributed by atoms with E-state index in [9.17, 15) is 49.7 Å². The smallest absolute Gasteiger partial charge is 0.488 e. The van der Waals surface area contributed by atoms with E-state index in [0.717, 1.165) is 128 Å². The Morgan fingerprint density at radius 1 is 0.667 bits per heavy atom. The van der Waals surface area contributed by atoms with E-state index in [-0.39, 0.29) is 247 Å². The number of fused-ring (bicyclic) bond motifs is 4. The number of anilines is 3. The number of carboxylic acid groups (broad SMARTS) is 4. The molecule has 4 N–H and O–H groups in total. The molecule has 5 aliphatic heterocycles. The summed E-state index contributed by atoms with van der Waals surface area (Å²) < 4.78 is 22.0. The van der Waals surface area contributed by atoms with Crippen LogP contribution >= 0.6 is 0 Å². The predicted octanol–water partition coefficient (Wildman–Crippen LogP) is -8.54. The number of carbonyl (C=O) groups is 4. The number of nitro groups is 1. The van der Waals surface area contributed by atoms with Gasteiger partial charge in [-0.15, -0.1) is 0 Å². The fourth-order valence-electron chi connectivity index (χ4n) is 10.3. The Kier molecular flexibility index (Phi) is 22.3. The molecule has 0 fully saturated rings. The third-order valence-corrected chi connectivity index (χ3v) is 12.7. The zero-order valence-electron chi connectivity index (χ0n) is 39.5. The fourth-order valence-corrected chi connectivity index (χ4v) is 10.3. The maximum atomic E-state index is 12.1. The fraction of sp³-hybridized carbons (Fsp3) is 0.383. The van der Waals surface area contributed by atoms with Crippen LogP contribution in [-0.4, -0.2) is 115 Å². The van der Waals surface area contributed by atoms with Crippen LogP contribution in [0.4, 0.5) is 22.7 Å². The van der Waals surface area contributed by atoms with Crippen LogP contribution in [-0.2, 0) is 44.9 Å². The molecule has 0 aromatic heterocycles. The molecular formula is C47H48K4N5O13+5. The van der Waals surface area contributed by atoms with Gasteiger partial charge < -0.3 is 49.3 Å². The minimum absolute atomic E-state index is 0. The monoisotopic (exact) mass is 1050 g/mol. The summed E-state index contributed by atoms with van der Waals surface area (Å²) in [4.78, 5) is 63.4. The standard InChI is InChI=1S/C47H47N5O13.4K/c53-39(54)23-50(24-40(55)56)35-11-9-27(21-37(35)63-17-18-64-38-22-30(52(61)62)10-12-36(38)51(25-41(57)58)26-42(59)60)43-33-19-28-5-1-13-48-15-3-7-31(44(28)48)46(33)65-47-32-8-4-16-49-14-2-6-29(45(32)49)20-34(43)47;;;;/h9-12,19-22H,1-8,13-18,23-26H2,(H3-,53,54,55,56,57,58,59,60);;;;/q;4*+1/p+1. The van der Waals surface area contributed by atoms with Crippen molar-refractivity contribution in [3.05, 3.63) is 103 Å². The summed E-state index contributed by atoms with van der Waals surface area (Å²) in [6, 6.07) is 13.2. The van der Waals surface area contributed by atoms with Crippen LogP contribution in [0.25, 0.3) is 5.57 Å². The molecule has 18 nitrogen and oxygen atoms in total. The number of aliphatic carboxylic acids is 4. The van der Waals surface area contributed by atoms with Gasteiger partial charge in [0.05, 0.1) is 27.9 Å². The normalized spacial score (nSPS) is 14.5. The molecule has 0 saturated carbocycles. The van der Waals surface area contributed by atoms with Crippen molar-refractivity contribution in [1.82, 2.24) is 4.58 Å². The number of nitro benzene ring substituents is 1. The van der Waals surface area contributed by atoms with Gasteiger partial charge >= 0.3 is 229 Å². The van der Waals surface area contributed by atoms with Gasteiger partial charge in [0.15, 0.2) is 0 Å². The van der Waals surface area contributed by atoms with E-state index in [2.05, 4.69) is 21.6 Å². The Morgan fingerprint density at radius 2 is 1.20 bits per heavy atom. The van der Waals surface area contributed by atoms with Gasteiger partial charge in [-0.1, -0.05) is 6.07 Å². The Hall–Kier alpha value is -0.825. The van der Waals surface area contributed by atoms with Gasteiger partial charge in [0.2, 0.25) is 5.36 Å². The molecule has 0 unspecified atom stereocenters. The second-order valence-electron chi connectivity index (χ2n) is 16.9. The van der Waals surface area contributed by atoms with E-state index in [0.29, 0.717) is 0 Å². The molecule has 0 bridgehead atoms. The van der Waals surface area contributed by atoms with Crippen LogP contribution in [0.2, 0.25) is 0 Å². The number of non-ortho nitro benzene ring substituents is 1. The number of benzene rings is 4. The van der Waals surface area contributed by atoms with Crippen molar-refractivity contribution < 1.29 is 264 Å². The van der Waals surface area contributed by atoms with Crippen LogP contribution in [0.3, 0.4) is 0 Å². The van der Waals surface area contributed by atoms with E-state index in [4.69, 9.17) is 14.2 Å². The molecule has 22 heteroatoms. The number of rotatable bonds is 17. The molecular weight excluding hydrogens is 999 g/mol. The number of carboxylic acids is 4. The van der Waals surface area contributed by atoms with Crippen LogP contribution < -0.4 is 250 Å². The Bertz CT molecular complexity index is 2790. The van der Waals surface area contributed by atoms with Crippen molar-refractivity contribution in [2.24, 2.45) is 0 Å². The SMILES string of the molecule is O=C(O)CN(CC(=O)O)c1ccc(C2=c3cc4c5c(c3Oc3c2cc2c6c3CCCN6CCC2)CCC[N+]=5CCC4)cc1OCCOc1cc([N+](=O)[O-])ccc1N(CC(=O)O)CC(=O)O.[K+].[K+].[K+].[K+]. The van der Waals surface area contributed by atoms with Crippen LogP contribution in [0.5, 0.6) is 23.0 Å². The summed E-state index contributed by atoms with van der Waals surface area (Å²) in [5, 5.41) is 52.8. The van der Waals surface area contributed by atoms with Crippen LogP contribution in [0.15, 0.2) is 48.5 Å². The first-order valence-corrected chi connectivity index (χ1v) is 21.8. The minimum atomic E-state index is -1.34. The van der Waals surface area contributed by atoms with Gasteiger partial charge in [-0.3, -0.25) is 29.3 Å². The minimum Gasteiger partial charge on any atom is -0.488 e. The summed E-state index contributed by atoms with van der Waals surface area (Å²) in [6.07, 6.45) is 7.59. The van der Waals surface area contributed by atoms with E-state index in [1.165, 1.54) is 44.3 Å².